The maximum atomic E-state index is 10.8. The number of unbranched alkanes of at least 4 members (excludes halogenated alkanes) is 1. The van der Waals surface area contributed by atoms with E-state index in [-0.39, 0.29) is 0 Å². The third-order valence-corrected chi connectivity index (χ3v) is 3.28. The van der Waals surface area contributed by atoms with Gasteiger partial charge in [0, 0.05) is 12.6 Å². The second-order valence-corrected chi connectivity index (χ2v) is 6.05. The van der Waals surface area contributed by atoms with Crippen molar-refractivity contribution in [3.63, 3.8) is 0 Å². The lowest BCUT2D eigenvalue weighted by atomic mass is 10.1. The molecular weight excluding hydrogens is 224 g/mol. The third kappa shape index (κ3) is 10.4. The van der Waals surface area contributed by atoms with Gasteiger partial charge in [-0.1, -0.05) is 26.7 Å². The second-order valence-electron chi connectivity index (χ2n) is 4.22. The fraction of sp³-hybridized carbons (Fsp3) is 1.00. The van der Waals surface area contributed by atoms with Crippen molar-refractivity contribution in [3.8, 4) is 0 Å². The Balaban J connectivity index is 3.48. The van der Waals surface area contributed by atoms with Crippen molar-refractivity contribution in [2.45, 2.75) is 52.0 Å². The van der Waals surface area contributed by atoms with Crippen molar-refractivity contribution in [2.24, 2.45) is 0 Å². The molecule has 1 unspecified atom stereocenters. The van der Waals surface area contributed by atoms with Gasteiger partial charge in [0.2, 0.25) is 10.0 Å². The van der Waals surface area contributed by atoms with Gasteiger partial charge >= 0.3 is 0 Å². The van der Waals surface area contributed by atoms with Crippen LogP contribution in [0.3, 0.4) is 0 Å². The Morgan fingerprint density at radius 3 is 2.31 bits per heavy atom. The second kappa shape index (κ2) is 8.96. The van der Waals surface area contributed by atoms with Crippen LogP contribution in [0.1, 0.15) is 46.0 Å². The van der Waals surface area contributed by atoms with Crippen LogP contribution in [0.4, 0.5) is 0 Å². The van der Waals surface area contributed by atoms with Crippen LogP contribution in [0.5, 0.6) is 0 Å². The molecule has 0 saturated heterocycles. The normalized spacial score (nSPS) is 13.9. The summed E-state index contributed by atoms with van der Waals surface area (Å²) >= 11 is 0. The van der Waals surface area contributed by atoms with Crippen LogP contribution in [0.15, 0.2) is 0 Å². The van der Waals surface area contributed by atoms with Gasteiger partial charge in [0.15, 0.2) is 0 Å². The van der Waals surface area contributed by atoms with Gasteiger partial charge in [-0.3, -0.25) is 0 Å². The van der Waals surface area contributed by atoms with Gasteiger partial charge in [0.25, 0.3) is 0 Å². The molecule has 16 heavy (non-hydrogen) atoms. The van der Waals surface area contributed by atoms with E-state index in [1.54, 1.807) is 0 Å². The Kier molecular flexibility index (Phi) is 8.89. The molecule has 4 nitrogen and oxygen atoms in total. The number of nitrogens with one attached hydrogen (secondary N) is 2. The van der Waals surface area contributed by atoms with Crippen LogP contribution in [0.2, 0.25) is 0 Å². The highest BCUT2D eigenvalue weighted by Crippen LogP contribution is 2.03. The molecule has 0 aromatic carbocycles. The molecule has 98 valence electrons. The minimum atomic E-state index is -3.02. The lowest BCUT2D eigenvalue weighted by molar-refractivity contribution is 0.449. The van der Waals surface area contributed by atoms with Crippen LogP contribution in [-0.2, 0) is 10.0 Å². The van der Waals surface area contributed by atoms with Crippen molar-refractivity contribution in [1.29, 1.82) is 0 Å². The molecule has 0 rings (SSSR count). The van der Waals surface area contributed by atoms with Crippen LogP contribution in [0.25, 0.3) is 0 Å². The molecule has 0 amide bonds. The Bertz CT molecular complexity index is 253. The van der Waals surface area contributed by atoms with E-state index in [1.165, 1.54) is 25.5 Å². The van der Waals surface area contributed by atoms with Gasteiger partial charge in [-0.2, -0.15) is 0 Å². The first-order valence-corrected chi connectivity index (χ1v) is 8.06. The van der Waals surface area contributed by atoms with Gasteiger partial charge < -0.3 is 5.32 Å². The molecule has 0 aliphatic carbocycles. The number of rotatable bonds is 10. The Hall–Kier alpha value is -0.130. The molecule has 0 aliphatic rings. The quantitative estimate of drug-likeness (QED) is 0.577. The van der Waals surface area contributed by atoms with Crippen molar-refractivity contribution in [3.05, 3.63) is 0 Å². The summed E-state index contributed by atoms with van der Waals surface area (Å²) in [5, 5.41) is 3.46. The van der Waals surface area contributed by atoms with E-state index in [9.17, 15) is 8.42 Å². The van der Waals surface area contributed by atoms with Gasteiger partial charge in [-0.15, -0.1) is 0 Å². The summed E-state index contributed by atoms with van der Waals surface area (Å²) in [5.74, 6) is 0. The summed E-state index contributed by atoms with van der Waals surface area (Å²) in [4.78, 5) is 0. The average molecular weight is 250 g/mol. The Labute approximate surface area is 100 Å². The molecule has 0 spiro atoms. The molecule has 1 atom stereocenters. The lowest BCUT2D eigenvalue weighted by Gasteiger charge is -2.16. The van der Waals surface area contributed by atoms with Crippen molar-refractivity contribution in [1.82, 2.24) is 10.0 Å². The molecule has 0 aromatic rings. The molecule has 0 saturated carbocycles. The fourth-order valence-corrected chi connectivity index (χ4v) is 2.07. The first kappa shape index (κ1) is 15.9. The van der Waals surface area contributed by atoms with Crippen molar-refractivity contribution >= 4 is 10.0 Å². The number of hydrogen-bond acceptors (Lipinski definition) is 3. The van der Waals surface area contributed by atoms with E-state index in [4.69, 9.17) is 0 Å². The first-order chi connectivity index (χ1) is 7.49. The van der Waals surface area contributed by atoms with Crippen molar-refractivity contribution in [2.75, 3.05) is 19.3 Å². The van der Waals surface area contributed by atoms with Crippen molar-refractivity contribution < 1.29 is 8.42 Å². The Morgan fingerprint density at radius 1 is 1.12 bits per heavy atom. The van der Waals surface area contributed by atoms with Crippen LogP contribution < -0.4 is 10.0 Å². The summed E-state index contributed by atoms with van der Waals surface area (Å²) < 4.78 is 24.1. The molecule has 0 fully saturated rings. The minimum Gasteiger partial charge on any atom is -0.314 e. The van der Waals surface area contributed by atoms with Gasteiger partial charge in [0.05, 0.1) is 6.26 Å². The number of sulfonamides is 1. The molecule has 5 heteroatoms. The summed E-state index contributed by atoms with van der Waals surface area (Å²) in [5.41, 5.74) is 0. The van der Waals surface area contributed by atoms with Crippen LogP contribution >= 0.6 is 0 Å². The van der Waals surface area contributed by atoms with Gasteiger partial charge in [-0.25, -0.2) is 13.1 Å². The molecule has 0 heterocycles. The Morgan fingerprint density at radius 2 is 1.81 bits per heavy atom. The number of hydrogen-bond donors (Lipinski definition) is 2. The van der Waals surface area contributed by atoms with Gasteiger partial charge in [-0.05, 0) is 25.8 Å². The summed E-state index contributed by atoms with van der Waals surface area (Å²) in [6.07, 6.45) is 6.87. The summed E-state index contributed by atoms with van der Waals surface area (Å²) in [6.45, 7) is 5.78. The summed E-state index contributed by atoms with van der Waals surface area (Å²) in [6, 6.07) is 0.582. The zero-order chi connectivity index (χ0) is 12.4. The lowest BCUT2D eigenvalue weighted by Crippen LogP contribution is -2.32. The molecule has 0 aromatic heterocycles. The van der Waals surface area contributed by atoms with E-state index >= 15 is 0 Å². The predicted molar refractivity (Wildman–Crippen MR) is 69.1 cm³/mol. The van der Waals surface area contributed by atoms with E-state index < -0.39 is 10.0 Å². The first-order valence-electron chi connectivity index (χ1n) is 6.17. The molecular formula is C11H26N2O2S. The monoisotopic (exact) mass is 250 g/mol. The zero-order valence-corrected chi connectivity index (χ0v) is 11.6. The van der Waals surface area contributed by atoms with E-state index in [2.05, 4.69) is 23.9 Å². The van der Waals surface area contributed by atoms with Crippen LogP contribution in [0, 0.1) is 0 Å². The third-order valence-electron chi connectivity index (χ3n) is 2.55. The predicted octanol–water partition coefficient (Wildman–Crippen LogP) is 1.48. The smallest absolute Gasteiger partial charge is 0.208 e. The molecule has 2 N–H and O–H groups in total. The molecule has 0 aliphatic heterocycles. The standard InChI is InChI=1S/C11H26N2O2S/c1-4-6-8-11(5-2)12-9-7-10-13-16(3,14)15/h11-13H,4-10H2,1-3H3. The maximum Gasteiger partial charge on any atom is 0.208 e. The van der Waals surface area contributed by atoms with E-state index in [1.807, 2.05) is 0 Å². The highest BCUT2D eigenvalue weighted by atomic mass is 32.2. The zero-order valence-electron chi connectivity index (χ0n) is 10.8. The minimum absolute atomic E-state index is 0.524. The summed E-state index contributed by atoms with van der Waals surface area (Å²) in [7, 11) is -3.02. The fourth-order valence-electron chi connectivity index (χ4n) is 1.55. The highest BCUT2D eigenvalue weighted by molar-refractivity contribution is 7.88. The largest absolute Gasteiger partial charge is 0.314 e. The molecule has 0 radical (unpaired) electrons. The molecule has 0 bridgehead atoms. The van der Waals surface area contributed by atoms with E-state index in [0.29, 0.717) is 12.6 Å². The average Bonchev–Trinajstić information content (AvgIpc) is 2.20. The van der Waals surface area contributed by atoms with Gasteiger partial charge in [0.1, 0.15) is 0 Å². The topological polar surface area (TPSA) is 58.2 Å². The maximum absolute atomic E-state index is 10.8. The SMILES string of the molecule is CCCCC(CC)NCCCNS(C)(=O)=O. The van der Waals surface area contributed by atoms with Crippen LogP contribution in [-0.4, -0.2) is 33.8 Å². The highest BCUT2D eigenvalue weighted by Gasteiger charge is 2.04. The van der Waals surface area contributed by atoms with E-state index in [0.717, 1.165) is 19.4 Å².